The van der Waals surface area contributed by atoms with Gasteiger partial charge in [0.05, 0.1) is 0 Å². The van der Waals surface area contributed by atoms with Crippen molar-refractivity contribution in [2.45, 2.75) is 11.3 Å². The summed E-state index contributed by atoms with van der Waals surface area (Å²) in [6, 6.07) is 0.488. The van der Waals surface area contributed by atoms with E-state index in [0.717, 1.165) is 0 Å². The zero-order chi connectivity index (χ0) is 13.1. The molecule has 4 nitrogen and oxygen atoms in total. The van der Waals surface area contributed by atoms with E-state index in [1.807, 2.05) is 4.72 Å². The topological polar surface area (TPSA) is 72.2 Å². The first-order chi connectivity index (χ1) is 7.88. The van der Waals surface area contributed by atoms with E-state index in [4.69, 9.17) is 5.73 Å². The summed E-state index contributed by atoms with van der Waals surface area (Å²) in [7, 11) is -4.19. The van der Waals surface area contributed by atoms with Gasteiger partial charge < -0.3 is 5.73 Å². The van der Waals surface area contributed by atoms with Crippen molar-refractivity contribution in [3.8, 4) is 0 Å². The Kier molecular flexibility index (Phi) is 4.49. The average Bonchev–Trinajstić information content (AvgIpc) is 2.23. The molecule has 0 aliphatic rings. The van der Waals surface area contributed by atoms with Crippen LogP contribution in [-0.4, -0.2) is 21.5 Å². The Bertz CT molecular complexity index is 505. The molecule has 0 spiro atoms. The molecular formula is C9H11F3N2O2S. The van der Waals surface area contributed by atoms with Crippen molar-refractivity contribution in [2.75, 3.05) is 13.1 Å². The summed E-state index contributed by atoms with van der Waals surface area (Å²) >= 11 is 0. The molecule has 1 aromatic rings. The molecular weight excluding hydrogens is 257 g/mol. The molecule has 0 aliphatic heterocycles. The van der Waals surface area contributed by atoms with Crippen LogP contribution in [0.15, 0.2) is 17.0 Å². The SMILES string of the molecule is NCCCNS(=O)(=O)c1cc(F)c(F)cc1F. The van der Waals surface area contributed by atoms with E-state index in [9.17, 15) is 21.6 Å². The summed E-state index contributed by atoms with van der Waals surface area (Å²) in [6.07, 6.45) is 0.352. The lowest BCUT2D eigenvalue weighted by Crippen LogP contribution is -2.27. The maximum absolute atomic E-state index is 13.2. The van der Waals surface area contributed by atoms with Gasteiger partial charge in [0.15, 0.2) is 11.6 Å². The first kappa shape index (κ1) is 13.9. The van der Waals surface area contributed by atoms with Crippen LogP contribution < -0.4 is 10.5 Å². The number of nitrogens with two attached hydrogens (primary N) is 1. The van der Waals surface area contributed by atoms with Gasteiger partial charge in [-0.1, -0.05) is 0 Å². The lowest BCUT2D eigenvalue weighted by molar-refractivity contribution is 0.481. The van der Waals surface area contributed by atoms with Gasteiger partial charge in [0, 0.05) is 12.6 Å². The van der Waals surface area contributed by atoms with Gasteiger partial charge >= 0.3 is 0 Å². The highest BCUT2D eigenvalue weighted by atomic mass is 32.2. The summed E-state index contributed by atoms with van der Waals surface area (Å²) in [5, 5.41) is 0. The van der Waals surface area contributed by atoms with Crippen LogP contribution in [0, 0.1) is 17.5 Å². The monoisotopic (exact) mass is 268 g/mol. The number of benzene rings is 1. The number of hydrogen-bond donors (Lipinski definition) is 2. The van der Waals surface area contributed by atoms with Gasteiger partial charge in [-0.05, 0) is 19.0 Å². The molecule has 3 N–H and O–H groups in total. The molecule has 17 heavy (non-hydrogen) atoms. The number of sulfonamides is 1. The summed E-state index contributed by atoms with van der Waals surface area (Å²) < 4.78 is 63.7. The fraction of sp³-hybridized carbons (Fsp3) is 0.333. The number of halogens is 3. The van der Waals surface area contributed by atoms with Crippen LogP contribution in [0.1, 0.15) is 6.42 Å². The highest BCUT2D eigenvalue weighted by molar-refractivity contribution is 7.89. The molecule has 0 bridgehead atoms. The van der Waals surface area contributed by atoms with Crippen LogP contribution in [0.2, 0.25) is 0 Å². The van der Waals surface area contributed by atoms with Crippen molar-refractivity contribution in [2.24, 2.45) is 5.73 Å². The highest BCUT2D eigenvalue weighted by Crippen LogP contribution is 2.18. The van der Waals surface area contributed by atoms with Crippen molar-refractivity contribution in [3.05, 3.63) is 29.6 Å². The molecule has 0 saturated carbocycles. The average molecular weight is 268 g/mol. The molecule has 8 heteroatoms. The normalized spacial score (nSPS) is 11.8. The summed E-state index contributed by atoms with van der Waals surface area (Å²) in [5.74, 6) is -4.21. The molecule has 0 radical (unpaired) electrons. The van der Waals surface area contributed by atoms with Crippen LogP contribution in [0.25, 0.3) is 0 Å². The summed E-state index contributed by atoms with van der Waals surface area (Å²) in [5.41, 5.74) is 5.15. The van der Waals surface area contributed by atoms with Gasteiger partial charge in [0.1, 0.15) is 10.7 Å². The second-order valence-electron chi connectivity index (χ2n) is 3.24. The third kappa shape index (κ3) is 3.42. The Hall–Kier alpha value is -1.12. The molecule has 1 rings (SSSR count). The van der Waals surface area contributed by atoms with Crippen LogP contribution in [0.5, 0.6) is 0 Å². The minimum absolute atomic E-state index is 0.00271. The molecule has 0 saturated heterocycles. The quantitative estimate of drug-likeness (QED) is 0.611. The zero-order valence-electron chi connectivity index (χ0n) is 8.71. The minimum Gasteiger partial charge on any atom is -0.330 e. The van der Waals surface area contributed by atoms with Gasteiger partial charge in [-0.3, -0.25) is 0 Å². The van der Waals surface area contributed by atoms with Gasteiger partial charge in [-0.25, -0.2) is 26.3 Å². The van der Waals surface area contributed by atoms with Crippen LogP contribution in [-0.2, 0) is 10.0 Å². The Morgan fingerprint density at radius 2 is 1.71 bits per heavy atom. The standard InChI is InChI=1S/C9H11F3N2O2S/c10-6-4-8(12)9(5-7(6)11)17(15,16)14-3-1-2-13/h4-5,14H,1-3,13H2. The van der Waals surface area contributed by atoms with E-state index in [1.165, 1.54) is 0 Å². The maximum atomic E-state index is 13.2. The molecule has 1 aromatic carbocycles. The number of rotatable bonds is 5. The predicted molar refractivity (Wildman–Crippen MR) is 55.2 cm³/mol. The second-order valence-corrected chi connectivity index (χ2v) is 4.97. The van der Waals surface area contributed by atoms with E-state index in [0.29, 0.717) is 12.5 Å². The number of nitrogens with one attached hydrogen (secondary N) is 1. The van der Waals surface area contributed by atoms with Crippen LogP contribution >= 0.6 is 0 Å². The third-order valence-corrected chi connectivity index (χ3v) is 3.41. The van der Waals surface area contributed by atoms with E-state index in [2.05, 4.69) is 0 Å². The first-order valence-corrected chi connectivity index (χ1v) is 6.21. The van der Waals surface area contributed by atoms with Gasteiger partial charge in [0.2, 0.25) is 10.0 Å². The first-order valence-electron chi connectivity index (χ1n) is 4.73. The molecule has 0 heterocycles. The second kappa shape index (κ2) is 5.48. The van der Waals surface area contributed by atoms with Gasteiger partial charge in [-0.2, -0.15) is 0 Å². The van der Waals surface area contributed by atoms with E-state index < -0.39 is 32.4 Å². The molecule has 0 aliphatic carbocycles. The van der Waals surface area contributed by atoms with Crippen molar-refractivity contribution in [1.29, 1.82) is 0 Å². The highest BCUT2D eigenvalue weighted by Gasteiger charge is 2.21. The summed E-state index contributed by atoms with van der Waals surface area (Å²) in [4.78, 5) is -0.923. The molecule has 0 amide bonds. The van der Waals surface area contributed by atoms with Crippen molar-refractivity contribution in [3.63, 3.8) is 0 Å². The predicted octanol–water partition coefficient (Wildman–Crippen LogP) is 0.731. The van der Waals surface area contributed by atoms with Crippen molar-refractivity contribution >= 4 is 10.0 Å². The lowest BCUT2D eigenvalue weighted by Gasteiger charge is -2.07. The van der Waals surface area contributed by atoms with Crippen molar-refractivity contribution < 1.29 is 21.6 Å². The molecule has 0 atom stereocenters. The minimum atomic E-state index is -4.19. The molecule has 0 fully saturated rings. The lowest BCUT2D eigenvalue weighted by atomic mass is 10.3. The van der Waals surface area contributed by atoms with Crippen LogP contribution in [0.4, 0.5) is 13.2 Å². The van der Waals surface area contributed by atoms with Gasteiger partial charge in [-0.15, -0.1) is 0 Å². The Labute approximate surface area is 96.7 Å². The smallest absolute Gasteiger partial charge is 0.243 e. The largest absolute Gasteiger partial charge is 0.330 e. The van der Waals surface area contributed by atoms with Gasteiger partial charge in [0.25, 0.3) is 0 Å². The third-order valence-electron chi connectivity index (χ3n) is 1.94. The zero-order valence-corrected chi connectivity index (χ0v) is 9.53. The van der Waals surface area contributed by atoms with E-state index in [-0.39, 0.29) is 19.2 Å². The Morgan fingerprint density at radius 3 is 2.29 bits per heavy atom. The van der Waals surface area contributed by atoms with Crippen LogP contribution in [0.3, 0.4) is 0 Å². The van der Waals surface area contributed by atoms with E-state index in [1.54, 1.807) is 0 Å². The Morgan fingerprint density at radius 1 is 1.12 bits per heavy atom. The molecule has 0 aromatic heterocycles. The molecule has 0 unspecified atom stereocenters. The van der Waals surface area contributed by atoms with Crippen molar-refractivity contribution in [1.82, 2.24) is 4.72 Å². The van der Waals surface area contributed by atoms with E-state index >= 15 is 0 Å². The fourth-order valence-corrected chi connectivity index (χ4v) is 2.24. The Balaban J connectivity index is 3.03. The fourth-order valence-electron chi connectivity index (χ4n) is 1.10. The maximum Gasteiger partial charge on any atom is 0.243 e. The molecule has 96 valence electrons. The summed E-state index contributed by atoms with van der Waals surface area (Å²) in [6.45, 7) is 0.250. The number of hydrogen-bond acceptors (Lipinski definition) is 3.